The van der Waals surface area contributed by atoms with Crippen LogP contribution in [0, 0.1) is 13.8 Å². The van der Waals surface area contributed by atoms with Crippen molar-refractivity contribution in [3.05, 3.63) is 23.4 Å². The molecule has 0 saturated carbocycles. The SMILES string of the molecule is CC(=O)C(C)Sc1cc(C)cc(C)n1. The zero-order valence-electron chi connectivity index (χ0n) is 9.00. The van der Waals surface area contributed by atoms with Gasteiger partial charge in [0.2, 0.25) is 0 Å². The third kappa shape index (κ3) is 3.14. The van der Waals surface area contributed by atoms with E-state index in [1.165, 1.54) is 17.3 Å². The summed E-state index contributed by atoms with van der Waals surface area (Å²) in [7, 11) is 0. The fourth-order valence-corrected chi connectivity index (χ4v) is 2.11. The summed E-state index contributed by atoms with van der Waals surface area (Å²) in [5.41, 5.74) is 2.19. The molecule has 1 heterocycles. The number of ketones is 1. The zero-order valence-corrected chi connectivity index (χ0v) is 9.81. The number of pyridine rings is 1. The molecule has 0 radical (unpaired) electrons. The van der Waals surface area contributed by atoms with E-state index in [1.54, 1.807) is 6.92 Å². The number of nitrogens with zero attached hydrogens (tertiary/aromatic N) is 1. The molecule has 0 amide bonds. The normalized spacial score (nSPS) is 12.6. The summed E-state index contributed by atoms with van der Waals surface area (Å²) in [4.78, 5) is 15.4. The molecule has 1 aromatic rings. The Morgan fingerprint density at radius 3 is 2.57 bits per heavy atom. The summed E-state index contributed by atoms with van der Waals surface area (Å²) in [5, 5.41) is 0.925. The highest BCUT2D eigenvalue weighted by molar-refractivity contribution is 8.00. The van der Waals surface area contributed by atoms with Crippen LogP contribution in [0.4, 0.5) is 0 Å². The van der Waals surface area contributed by atoms with Crippen LogP contribution in [0.15, 0.2) is 17.2 Å². The number of thioether (sulfide) groups is 1. The largest absolute Gasteiger partial charge is 0.299 e. The molecule has 76 valence electrons. The van der Waals surface area contributed by atoms with E-state index >= 15 is 0 Å². The van der Waals surface area contributed by atoms with Crippen LogP contribution in [0.2, 0.25) is 0 Å². The van der Waals surface area contributed by atoms with Gasteiger partial charge in [0, 0.05) is 5.69 Å². The Labute approximate surface area is 89.1 Å². The monoisotopic (exact) mass is 209 g/mol. The van der Waals surface area contributed by atoms with Crippen molar-refractivity contribution in [3.63, 3.8) is 0 Å². The Balaban J connectivity index is 2.81. The van der Waals surface area contributed by atoms with E-state index in [0.717, 1.165) is 10.7 Å². The van der Waals surface area contributed by atoms with Gasteiger partial charge in [0.25, 0.3) is 0 Å². The maximum absolute atomic E-state index is 11.1. The third-order valence-corrected chi connectivity index (χ3v) is 3.08. The fraction of sp³-hybridized carbons (Fsp3) is 0.455. The molecule has 1 atom stereocenters. The number of carbonyl (C=O) groups excluding carboxylic acids is 1. The van der Waals surface area contributed by atoms with Crippen molar-refractivity contribution in [1.82, 2.24) is 4.98 Å². The lowest BCUT2D eigenvalue weighted by atomic mass is 10.3. The third-order valence-electron chi connectivity index (χ3n) is 1.94. The second kappa shape index (κ2) is 4.60. The first-order valence-corrected chi connectivity index (χ1v) is 5.49. The molecule has 0 fully saturated rings. The summed E-state index contributed by atoms with van der Waals surface area (Å²) < 4.78 is 0. The van der Waals surface area contributed by atoms with Gasteiger partial charge < -0.3 is 0 Å². The number of rotatable bonds is 3. The lowest BCUT2D eigenvalue weighted by molar-refractivity contribution is -0.116. The van der Waals surface area contributed by atoms with E-state index < -0.39 is 0 Å². The van der Waals surface area contributed by atoms with E-state index in [1.807, 2.05) is 32.9 Å². The minimum atomic E-state index is -0.0105. The Hall–Kier alpha value is -0.830. The molecule has 0 N–H and O–H groups in total. The molecule has 0 aliphatic rings. The first-order chi connectivity index (χ1) is 6.49. The van der Waals surface area contributed by atoms with Crippen LogP contribution in [0.1, 0.15) is 25.1 Å². The number of hydrogen-bond acceptors (Lipinski definition) is 3. The van der Waals surface area contributed by atoms with Gasteiger partial charge in [-0.05, 0) is 45.4 Å². The molecule has 14 heavy (non-hydrogen) atoms. The van der Waals surface area contributed by atoms with Gasteiger partial charge in [-0.1, -0.05) is 11.8 Å². The molecule has 3 heteroatoms. The average Bonchev–Trinajstić information content (AvgIpc) is 2.01. The number of Topliss-reactive ketones (excluding diaryl/α,β-unsaturated/α-hetero) is 1. The van der Waals surface area contributed by atoms with Crippen molar-refractivity contribution in [2.24, 2.45) is 0 Å². The highest BCUT2D eigenvalue weighted by Crippen LogP contribution is 2.22. The predicted molar refractivity (Wildman–Crippen MR) is 59.7 cm³/mol. The minimum absolute atomic E-state index is 0.0105. The van der Waals surface area contributed by atoms with Crippen molar-refractivity contribution in [1.29, 1.82) is 0 Å². The second-order valence-electron chi connectivity index (χ2n) is 3.49. The second-order valence-corrected chi connectivity index (χ2v) is 4.86. The van der Waals surface area contributed by atoms with Crippen LogP contribution < -0.4 is 0 Å². The molecule has 0 aliphatic carbocycles. The van der Waals surface area contributed by atoms with Crippen LogP contribution >= 0.6 is 11.8 Å². The quantitative estimate of drug-likeness (QED) is 0.717. The van der Waals surface area contributed by atoms with Crippen LogP contribution in [-0.4, -0.2) is 16.0 Å². The topological polar surface area (TPSA) is 30.0 Å². The molecule has 0 bridgehead atoms. The standard InChI is InChI=1S/C11H15NOS/c1-7-5-8(2)12-11(6-7)14-10(4)9(3)13/h5-6,10H,1-4H3. The van der Waals surface area contributed by atoms with Gasteiger partial charge in [0.05, 0.1) is 10.3 Å². The molecule has 2 nitrogen and oxygen atoms in total. The number of hydrogen-bond donors (Lipinski definition) is 0. The van der Waals surface area contributed by atoms with Crippen molar-refractivity contribution in [2.75, 3.05) is 0 Å². The Morgan fingerprint density at radius 2 is 2.07 bits per heavy atom. The summed E-state index contributed by atoms with van der Waals surface area (Å²) in [6, 6.07) is 4.04. The van der Waals surface area contributed by atoms with E-state index in [2.05, 4.69) is 4.98 Å². The molecule has 1 unspecified atom stereocenters. The Morgan fingerprint density at radius 1 is 1.43 bits per heavy atom. The fourth-order valence-electron chi connectivity index (χ4n) is 1.13. The molecule has 0 aliphatic heterocycles. The van der Waals surface area contributed by atoms with Crippen molar-refractivity contribution in [3.8, 4) is 0 Å². The van der Waals surface area contributed by atoms with Crippen LogP contribution in [0.25, 0.3) is 0 Å². The molecule has 1 aromatic heterocycles. The van der Waals surface area contributed by atoms with E-state index in [0.29, 0.717) is 0 Å². The molecule has 0 aromatic carbocycles. The first-order valence-electron chi connectivity index (χ1n) is 4.61. The van der Waals surface area contributed by atoms with Gasteiger partial charge in [0.1, 0.15) is 5.78 Å². The van der Waals surface area contributed by atoms with Gasteiger partial charge in [-0.2, -0.15) is 0 Å². The molecular formula is C11H15NOS. The van der Waals surface area contributed by atoms with E-state index in [-0.39, 0.29) is 11.0 Å². The van der Waals surface area contributed by atoms with Gasteiger partial charge in [-0.3, -0.25) is 4.79 Å². The van der Waals surface area contributed by atoms with Gasteiger partial charge in [-0.15, -0.1) is 0 Å². The summed E-state index contributed by atoms with van der Waals surface area (Å²) in [6.07, 6.45) is 0. The number of carbonyl (C=O) groups is 1. The van der Waals surface area contributed by atoms with Crippen molar-refractivity contribution >= 4 is 17.5 Å². The molecule has 1 rings (SSSR count). The highest BCUT2D eigenvalue weighted by atomic mass is 32.2. The Kier molecular flexibility index (Phi) is 3.69. The number of aromatic nitrogens is 1. The molecule has 0 saturated heterocycles. The van der Waals surface area contributed by atoms with Crippen LogP contribution in [-0.2, 0) is 4.79 Å². The smallest absolute Gasteiger partial charge is 0.142 e. The zero-order chi connectivity index (χ0) is 10.7. The van der Waals surface area contributed by atoms with Gasteiger partial charge >= 0.3 is 0 Å². The van der Waals surface area contributed by atoms with Gasteiger partial charge in [0.15, 0.2) is 0 Å². The van der Waals surface area contributed by atoms with Crippen molar-refractivity contribution < 1.29 is 4.79 Å². The predicted octanol–water partition coefficient (Wildman–Crippen LogP) is 2.77. The van der Waals surface area contributed by atoms with Gasteiger partial charge in [-0.25, -0.2) is 4.98 Å². The lowest BCUT2D eigenvalue weighted by Gasteiger charge is -2.07. The summed E-state index contributed by atoms with van der Waals surface area (Å²) in [6.45, 7) is 7.53. The average molecular weight is 209 g/mol. The number of aryl methyl sites for hydroxylation is 2. The molecule has 0 spiro atoms. The maximum Gasteiger partial charge on any atom is 0.142 e. The van der Waals surface area contributed by atoms with Crippen molar-refractivity contribution in [2.45, 2.75) is 38.0 Å². The maximum atomic E-state index is 11.1. The molecular weight excluding hydrogens is 194 g/mol. The minimum Gasteiger partial charge on any atom is -0.299 e. The summed E-state index contributed by atoms with van der Waals surface area (Å²) >= 11 is 1.52. The van der Waals surface area contributed by atoms with Crippen LogP contribution in [0.3, 0.4) is 0 Å². The first kappa shape index (κ1) is 11.2. The Bertz CT molecular complexity index is 329. The van der Waals surface area contributed by atoms with E-state index in [9.17, 15) is 4.79 Å². The van der Waals surface area contributed by atoms with E-state index in [4.69, 9.17) is 0 Å². The lowest BCUT2D eigenvalue weighted by Crippen LogP contribution is -2.08. The van der Waals surface area contributed by atoms with Crippen LogP contribution in [0.5, 0.6) is 0 Å². The highest BCUT2D eigenvalue weighted by Gasteiger charge is 2.10. The summed E-state index contributed by atoms with van der Waals surface area (Å²) in [5.74, 6) is 0.191.